The summed E-state index contributed by atoms with van der Waals surface area (Å²) >= 11 is 1.13. The maximum absolute atomic E-state index is 12.9. The second kappa shape index (κ2) is 9.68. The van der Waals surface area contributed by atoms with Crippen molar-refractivity contribution in [3.05, 3.63) is 65.4 Å². The standard InChI is InChI=1S/C22H23N3O5S2/c26-21(18-6-5-15-30-18)24-20-12-11-19(31-20)22(27)23-16-7-9-17(10-8-16)32(28,29)25-13-3-1-2-4-14-25/h5-12,15H,1-4,13-14H2,(H,23,27)(H,24,26). The first-order chi connectivity index (χ1) is 15.4. The summed E-state index contributed by atoms with van der Waals surface area (Å²) in [6.45, 7) is 1.08. The lowest BCUT2D eigenvalue weighted by atomic mass is 10.2. The molecule has 0 bridgehead atoms. The molecule has 168 valence electrons. The SMILES string of the molecule is O=C(Nc1ccc(C(=O)Nc2ccc(S(=O)(=O)N3CCCCCC3)cc2)s1)c1ccco1. The molecule has 0 aliphatic carbocycles. The number of anilines is 2. The van der Waals surface area contributed by atoms with E-state index >= 15 is 0 Å². The van der Waals surface area contributed by atoms with E-state index in [0.29, 0.717) is 28.7 Å². The summed E-state index contributed by atoms with van der Waals surface area (Å²) in [6.07, 6.45) is 5.25. The minimum atomic E-state index is -3.53. The van der Waals surface area contributed by atoms with E-state index in [-0.39, 0.29) is 16.6 Å². The van der Waals surface area contributed by atoms with Crippen LogP contribution in [-0.2, 0) is 10.0 Å². The molecule has 32 heavy (non-hydrogen) atoms. The summed E-state index contributed by atoms with van der Waals surface area (Å²) in [5.41, 5.74) is 0.486. The monoisotopic (exact) mass is 473 g/mol. The van der Waals surface area contributed by atoms with Crippen LogP contribution in [0.2, 0.25) is 0 Å². The molecule has 2 amide bonds. The second-order valence-corrected chi connectivity index (χ2v) is 10.4. The number of sulfonamides is 1. The molecule has 3 aromatic rings. The summed E-state index contributed by atoms with van der Waals surface area (Å²) in [5.74, 6) is -0.568. The topological polar surface area (TPSA) is 109 Å². The van der Waals surface area contributed by atoms with Crippen LogP contribution in [0.15, 0.2) is 64.1 Å². The number of carbonyl (C=O) groups excluding carboxylic acids is 2. The zero-order valence-electron chi connectivity index (χ0n) is 17.2. The van der Waals surface area contributed by atoms with Crippen molar-refractivity contribution < 1.29 is 22.4 Å². The van der Waals surface area contributed by atoms with Crippen molar-refractivity contribution in [1.82, 2.24) is 4.31 Å². The summed E-state index contributed by atoms with van der Waals surface area (Å²) in [5, 5.41) is 5.94. The molecule has 1 fully saturated rings. The molecule has 3 heterocycles. The van der Waals surface area contributed by atoms with Gasteiger partial charge in [0.2, 0.25) is 10.0 Å². The first-order valence-electron chi connectivity index (χ1n) is 10.3. The number of nitrogens with one attached hydrogen (secondary N) is 2. The predicted octanol–water partition coefficient (Wildman–Crippen LogP) is 4.41. The number of amides is 2. The lowest BCUT2D eigenvalue weighted by Gasteiger charge is -2.20. The molecule has 10 heteroatoms. The van der Waals surface area contributed by atoms with E-state index in [1.165, 1.54) is 22.7 Å². The maximum atomic E-state index is 12.9. The van der Waals surface area contributed by atoms with Gasteiger partial charge in [0.25, 0.3) is 11.8 Å². The van der Waals surface area contributed by atoms with Crippen molar-refractivity contribution in [2.75, 3.05) is 23.7 Å². The average molecular weight is 474 g/mol. The van der Waals surface area contributed by atoms with Crippen molar-refractivity contribution in [3.63, 3.8) is 0 Å². The highest BCUT2D eigenvalue weighted by Crippen LogP contribution is 2.25. The van der Waals surface area contributed by atoms with Gasteiger partial charge in [0.15, 0.2) is 5.76 Å². The molecule has 0 spiro atoms. The van der Waals surface area contributed by atoms with Gasteiger partial charge in [-0.15, -0.1) is 11.3 Å². The molecular formula is C22H23N3O5S2. The van der Waals surface area contributed by atoms with Crippen LogP contribution in [0.3, 0.4) is 0 Å². The molecule has 1 aliphatic heterocycles. The molecule has 0 radical (unpaired) electrons. The number of benzene rings is 1. The molecule has 0 saturated carbocycles. The first kappa shape index (κ1) is 22.3. The minimum Gasteiger partial charge on any atom is -0.459 e. The van der Waals surface area contributed by atoms with E-state index in [0.717, 1.165) is 37.0 Å². The van der Waals surface area contributed by atoms with Gasteiger partial charge in [0, 0.05) is 18.8 Å². The zero-order valence-corrected chi connectivity index (χ0v) is 18.9. The van der Waals surface area contributed by atoms with Crippen LogP contribution in [0.5, 0.6) is 0 Å². The Bertz CT molecular complexity index is 1180. The van der Waals surface area contributed by atoms with Gasteiger partial charge in [0.1, 0.15) is 0 Å². The number of furan rings is 1. The summed E-state index contributed by atoms with van der Waals surface area (Å²) in [6, 6.07) is 12.6. The Labute approximate surface area is 190 Å². The Morgan fingerprint density at radius 1 is 0.875 bits per heavy atom. The number of hydrogen-bond donors (Lipinski definition) is 2. The van der Waals surface area contributed by atoms with Crippen LogP contribution in [0.1, 0.15) is 45.9 Å². The zero-order chi connectivity index (χ0) is 22.6. The second-order valence-electron chi connectivity index (χ2n) is 7.39. The van der Waals surface area contributed by atoms with Crippen molar-refractivity contribution in [2.24, 2.45) is 0 Å². The van der Waals surface area contributed by atoms with E-state index in [2.05, 4.69) is 10.6 Å². The van der Waals surface area contributed by atoms with Crippen LogP contribution >= 0.6 is 11.3 Å². The van der Waals surface area contributed by atoms with Gasteiger partial charge in [-0.1, -0.05) is 12.8 Å². The molecule has 4 rings (SSSR count). The molecular weight excluding hydrogens is 450 g/mol. The van der Waals surface area contributed by atoms with Crippen LogP contribution in [0.25, 0.3) is 0 Å². The molecule has 2 N–H and O–H groups in total. The number of nitrogens with zero attached hydrogens (tertiary/aromatic N) is 1. The van der Waals surface area contributed by atoms with Crippen molar-refractivity contribution in [1.29, 1.82) is 0 Å². The van der Waals surface area contributed by atoms with Gasteiger partial charge in [-0.2, -0.15) is 4.31 Å². The van der Waals surface area contributed by atoms with E-state index < -0.39 is 15.9 Å². The van der Waals surface area contributed by atoms with Crippen LogP contribution in [-0.4, -0.2) is 37.6 Å². The van der Waals surface area contributed by atoms with E-state index in [1.54, 1.807) is 36.4 Å². The fourth-order valence-electron chi connectivity index (χ4n) is 3.44. The van der Waals surface area contributed by atoms with Crippen LogP contribution in [0, 0.1) is 0 Å². The van der Waals surface area contributed by atoms with Gasteiger partial charge in [-0.05, 0) is 61.4 Å². The lowest BCUT2D eigenvalue weighted by molar-refractivity contribution is 0.0995. The third kappa shape index (κ3) is 5.09. The Balaban J connectivity index is 1.39. The van der Waals surface area contributed by atoms with Crippen LogP contribution in [0.4, 0.5) is 10.7 Å². The third-order valence-electron chi connectivity index (χ3n) is 5.13. The van der Waals surface area contributed by atoms with Gasteiger partial charge < -0.3 is 15.1 Å². The smallest absolute Gasteiger partial charge is 0.291 e. The van der Waals surface area contributed by atoms with Crippen molar-refractivity contribution in [2.45, 2.75) is 30.6 Å². The Kier molecular flexibility index (Phi) is 6.73. The van der Waals surface area contributed by atoms with Gasteiger partial charge in [-0.25, -0.2) is 8.42 Å². The first-order valence-corrected chi connectivity index (χ1v) is 12.6. The number of rotatable bonds is 6. The highest BCUT2D eigenvalue weighted by atomic mass is 32.2. The van der Waals surface area contributed by atoms with E-state index in [9.17, 15) is 18.0 Å². The molecule has 0 atom stereocenters. The lowest BCUT2D eigenvalue weighted by Crippen LogP contribution is -2.31. The third-order valence-corrected chi connectivity index (χ3v) is 8.04. The predicted molar refractivity (Wildman–Crippen MR) is 123 cm³/mol. The highest BCUT2D eigenvalue weighted by Gasteiger charge is 2.25. The van der Waals surface area contributed by atoms with E-state index in [1.807, 2.05) is 0 Å². The van der Waals surface area contributed by atoms with Crippen molar-refractivity contribution >= 4 is 43.9 Å². The number of thiophene rings is 1. The molecule has 1 aromatic carbocycles. The molecule has 2 aromatic heterocycles. The number of hydrogen-bond acceptors (Lipinski definition) is 6. The summed E-state index contributed by atoms with van der Waals surface area (Å²) in [7, 11) is -3.53. The quantitative estimate of drug-likeness (QED) is 0.551. The highest BCUT2D eigenvalue weighted by molar-refractivity contribution is 7.89. The Morgan fingerprint density at radius 3 is 2.25 bits per heavy atom. The maximum Gasteiger partial charge on any atom is 0.291 e. The molecule has 8 nitrogen and oxygen atoms in total. The normalized spacial score (nSPS) is 15.1. The minimum absolute atomic E-state index is 0.180. The van der Waals surface area contributed by atoms with Crippen LogP contribution < -0.4 is 10.6 Å². The molecule has 0 unspecified atom stereocenters. The fraction of sp³-hybridized carbons (Fsp3) is 0.273. The molecule has 1 saturated heterocycles. The van der Waals surface area contributed by atoms with E-state index in [4.69, 9.17) is 4.42 Å². The number of carbonyl (C=O) groups is 2. The van der Waals surface area contributed by atoms with Gasteiger partial charge in [0.05, 0.1) is 21.0 Å². The Hall–Kier alpha value is -2.95. The Morgan fingerprint density at radius 2 is 1.59 bits per heavy atom. The summed E-state index contributed by atoms with van der Waals surface area (Å²) < 4.78 is 32.3. The largest absolute Gasteiger partial charge is 0.459 e. The molecule has 1 aliphatic rings. The van der Waals surface area contributed by atoms with Crippen molar-refractivity contribution in [3.8, 4) is 0 Å². The fourth-order valence-corrected chi connectivity index (χ4v) is 5.76. The van der Waals surface area contributed by atoms with Gasteiger partial charge in [-0.3, -0.25) is 9.59 Å². The van der Waals surface area contributed by atoms with Gasteiger partial charge >= 0.3 is 0 Å². The average Bonchev–Trinajstić information content (AvgIpc) is 3.41. The summed E-state index contributed by atoms with van der Waals surface area (Å²) in [4.78, 5) is 25.2.